The molecule has 0 amide bonds. The first-order chi connectivity index (χ1) is 15.5. The SMILES string of the molecule is CC.CC.CC12CCCCC1CCC1C2CCC2(C)C(CCCc3nnc(N)o3)CCC12. The van der Waals surface area contributed by atoms with E-state index in [0.29, 0.717) is 16.7 Å². The van der Waals surface area contributed by atoms with Crippen molar-refractivity contribution in [2.75, 3.05) is 5.73 Å². The molecule has 7 unspecified atom stereocenters. The summed E-state index contributed by atoms with van der Waals surface area (Å²) in [6, 6.07) is 0.202. The second-order valence-electron chi connectivity index (χ2n) is 11.1. The third-order valence-corrected chi connectivity index (χ3v) is 10.2. The van der Waals surface area contributed by atoms with Crippen molar-refractivity contribution in [3.63, 3.8) is 0 Å². The first-order valence-electron chi connectivity index (χ1n) is 14.1. The number of aromatic nitrogens is 2. The highest BCUT2D eigenvalue weighted by Gasteiger charge is 2.59. The van der Waals surface area contributed by atoms with E-state index < -0.39 is 0 Å². The zero-order valence-corrected chi connectivity index (χ0v) is 22.0. The molecule has 0 bridgehead atoms. The van der Waals surface area contributed by atoms with Gasteiger partial charge < -0.3 is 10.2 Å². The molecule has 184 valence electrons. The molecular formula is C28H51N3O. The van der Waals surface area contributed by atoms with Gasteiger partial charge in [0.1, 0.15) is 0 Å². The predicted molar refractivity (Wildman–Crippen MR) is 134 cm³/mol. The number of nitrogen functional groups attached to an aromatic ring is 1. The lowest BCUT2D eigenvalue weighted by atomic mass is 9.45. The molecule has 4 fully saturated rings. The third-order valence-electron chi connectivity index (χ3n) is 10.2. The van der Waals surface area contributed by atoms with Crippen molar-refractivity contribution < 1.29 is 4.42 Å². The summed E-state index contributed by atoms with van der Waals surface area (Å²) < 4.78 is 5.37. The van der Waals surface area contributed by atoms with Crippen LogP contribution in [-0.2, 0) is 6.42 Å². The van der Waals surface area contributed by atoms with Crippen LogP contribution in [0.25, 0.3) is 0 Å². The summed E-state index contributed by atoms with van der Waals surface area (Å²) >= 11 is 0. The summed E-state index contributed by atoms with van der Waals surface area (Å²) in [5.41, 5.74) is 6.80. The van der Waals surface area contributed by atoms with Crippen LogP contribution in [0.4, 0.5) is 6.01 Å². The van der Waals surface area contributed by atoms with Crippen LogP contribution in [-0.4, -0.2) is 10.2 Å². The molecule has 1 aromatic rings. The van der Waals surface area contributed by atoms with Crippen LogP contribution in [0.5, 0.6) is 0 Å². The molecule has 0 spiro atoms. The van der Waals surface area contributed by atoms with Crippen molar-refractivity contribution >= 4 is 6.01 Å². The highest BCUT2D eigenvalue weighted by Crippen LogP contribution is 2.67. The molecule has 2 N–H and O–H groups in total. The number of fused-ring (bicyclic) bond motifs is 5. The topological polar surface area (TPSA) is 64.9 Å². The number of aryl methyl sites for hydroxylation is 1. The van der Waals surface area contributed by atoms with Gasteiger partial charge in [-0.1, -0.05) is 59.5 Å². The summed E-state index contributed by atoms with van der Waals surface area (Å²) in [4.78, 5) is 0. The van der Waals surface area contributed by atoms with E-state index in [1.807, 2.05) is 27.7 Å². The number of hydrogen-bond donors (Lipinski definition) is 1. The Morgan fingerprint density at radius 3 is 2.31 bits per heavy atom. The number of rotatable bonds is 4. The van der Waals surface area contributed by atoms with Crippen LogP contribution in [0.2, 0.25) is 0 Å². The number of nitrogens with two attached hydrogens (primary N) is 1. The van der Waals surface area contributed by atoms with Crippen molar-refractivity contribution in [3.05, 3.63) is 5.89 Å². The van der Waals surface area contributed by atoms with Gasteiger partial charge in [0.2, 0.25) is 5.89 Å². The van der Waals surface area contributed by atoms with E-state index in [-0.39, 0.29) is 6.01 Å². The molecule has 1 heterocycles. The molecule has 4 heteroatoms. The molecule has 1 aromatic heterocycles. The Morgan fingerprint density at radius 2 is 1.59 bits per heavy atom. The maximum absolute atomic E-state index is 5.56. The van der Waals surface area contributed by atoms with Crippen molar-refractivity contribution in [1.29, 1.82) is 0 Å². The monoisotopic (exact) mass is 445 g/mol. The summed E-state index contributed by atoms with van der Waals surface area (Å²) in [6.07, 6.45) is 18.3. The van der Waals surface area contributed by atoms with E-state index >= 15 is 0 Å². The summed E-state index contributed by atoms with van der Waals surface area (Å²) in [5, 5.41) is 7.83. The van der Waals surface area contributed by atoms with Gasteiger partial charge in [0.05, 0.1) is 0 Å². The van der Waals surface area contributed by atoms with Crippen LogP contribution in [0, 0.1) is 40.4 Å². The number of nitrogens with zero attached hydrogens (tertiary/aromatic N) is 2. The Labute approximate surface area is 197 Å². The highest BCUT2D eigenvalue weighted by atomic mass is 16.4. The highest BCUT2D eigenvalue weighted by molar-refractivity contribution is 5.09. The van der Waals surface area contributed by atoms with Gasteiger partial charge in [0.15, 0.2) is 0 Å². The molecule has 0 aromatic carbocycles. The Morgan fingerprint density at radius 1 is 0.844 bits per heavy atom. The lowest BCUT2D eigenvalue weighted by molar-refractivity contribution is -0.111. The molecule has 5 rings (SSSR count). The largest absolute Gasteiger partial charge is 0.408 e. The van der Waals surface area contributed by atoms with Gasteiger partial charge in [0, 0.05) is 6.42 Å². The Hall–Kier alpha value is -1.06. The zero-order valence-electron chi connectivity index (χ0n) is 22.0. The van der Waals surface area contributed by atoms with Gasteiger partial charge in [-0.2, -0.15) is 0 Å². The van der Waals surface area contributed by atoms with E-state index in [9.17, 15) is 0 Å². The molecule has 0 radical (unpaired) electrons. The van der Waals surface area contributed by atoms with Crippen LogP contribution < -0.4 is 5.73 Å². The molecule has 4 aliphatic carbocycles. The fourth-order valence-corrected chi connectivity index (χ4v) is 8.75. The lowest BCUT2D eigenvalue weighted by Crippen LogP contribution is -2.52. The van der Waals surface area contributed by atoms with Crippen LogP contribution in [0.3, 0.4) is 0 Å². The van der Waals surface area contributed by atoms with Gasteiger partial charge in [-0.3, -0.25) is 0 Å². The average molecular weight is 446 g/mol. The molecule has 7 atom stereocenters. The molecule has 0 saturated heterocycles. The van der Waals surface area contributed by atoms with Crippen molar-refractivity contribution in [3.8, 4) is 0 Å². The summed E-state index contributed by atoms with van der Waals surface area (Å²) in [5.74, 6) is 5.64. The van der Waals surface area contributed by atoms with E-state index in [4.69, 9.17) is 10.2 Å². The van der Waals surface area contributed by atoms with Gasteiger partial charge >= 0.3 is 6.01 Å². The smallest absolute Gasteiger partial charge is 0.312 e. The number of hydrogen-bond acceptors (Lipinski definition) is 4. The molecular weight excluding hydrogens is 394 g/mol. The standard InChI is InChI=1S/C24H39N3O.2C2H6/c1-23-14-4-3-6-16(23)9-11-18-19-12-10-17(24(19,2)15-13-20(18)23)7-5-8-21-26-27-22(25)28-21;2*1-2/h16-20H,3-15H2,1-2H3,(H2,25,27);2*1-2H3. The van der Waals surface area contributed by atoms with E-state index in [2.05, 4.69) is 24.0 Å². The van der Waals surface area contributed by atoms with Gasteiger partial charge in [-0.15, -0.1) is 5.10 Å². The first kappa shape index (κ1) is 25.6. The minimum absolute atomic E-state index is 0.202. The first-order valence-corrected chi connectivity index (χ1v) is 14.1. The molecule has 4 nitrogen and oxygen atoms in total. The second kappa shape index (κ2) is 10.9. The quantitative estimate of drug-likeness (QED) is 0.508. The predicted octanol–water partition coefficient (Wildman–Crippen LogP) is 8.08. The second-order valence-corrected chi connectivity index (χ2v) is 11.1. The van der Waals surface area contributed by atoms with Gasteiger partial charge in [-0.05, 0) is 105 Å². The molecule has 4 aliphatic rings. The van der Waals surface area contributed by atoms with E-state index in [0.717, 1.165) is 42.4 Å². The number of anilines is 1. The fraction of sp³-hybridized carbons (Fsp3) is 0.929. The summed E-state index contributed by atoms with van der Waals surface area (Å²) in [7, 11) is 0. The third kappa shape index (κ3) is 4.62. The maximum Gasteiger partial charge on any atom is 0.312 e. The fourth-order valence-electron chi connectivity index (χ4n) is 8.75. The van der Waals surface area contributed by atoms with E-state index in [1.165, 1.54) is 70.6 Å². The minimum Gasteiger partial charge on any atom is -0.408 e. The van der Waals surface area contributed by atoms with Crippen molar-refractivity contribution in [2.24, 2.45) is 40.4 Å². The van der Waals surface area contributed by atoms with Gasteiger partial charge in [0.25, 0.3) is 0 Å². The molecule has 32 heavy (non-hydrogen) atoms. The zero-order chi connectivity index (χ0) is 23.4. The maximum atomic E-state index is 5.56. The Kier molecular flexibility index (Phi) is 8.72. The van der Waals surface area contributed by atoms with Crippen LogP contribution in [0.15, 0.2) is 4.42 Å². The normalized spacial score (nSPS) is 40.0. The molecule has 0 aliphatic heterocycles. The van der Waals surface area contributed by atoms with Crippen molar-refractivity contribution in [1.82, 2.24) is 10.2 Å². The molecule has 4 saturated carbocycles. The van der Waals surface area contributed by atoms with Crippen LogP contribution in [0.1, 0.15) is 124 Å². The van der Waals surface area contributed by atoms with Crippen molar-refractivity contribution in [2.45, 2.75) is 125 Å². The average Bonchev–Trinajstić information content (AvgIpc) is 3.38. The lowest BCUT2D eigenvalue weighted by Gasteiger charge is -2.60. The summed E-state index contributed by atoms with van der Waals surface area (Å²) in [6.45, 7) is 13.4. The van der Waals surface area contributed by atoms with Gasteiger partial charge in [-0.25, -0.2) is 0 Å². The minimum atomic E-state index is 0.202. The van der Waals surface area contributed by atoms with Crippen LogP contribution >= 0.6 is 0 Å². The van der Waals surface area contributed by atoms with E-state index in [1.54, 1.807) is 0 Å². The Bertz CT molecular complexity index is 703. The Balaban J connectivity index is 0.000000686.